The molecule has 100 valence electrons. The summed E-state index contributed by atoms with van der Waals surface area (Å²) >= 11 is 0. The topological polar surface area (TPSA) is 83.5 Å². The van der Waals surface area contributed by atoms with Crippen LogP contribution in [-0.4, -0.2) is 43.6 Å². The van der Waals surface area contributed by atoms with Gasteiger partial charge in [0.25, 0.3) is 0 Å². The van der Waals surface area contributed by atoms with Crippen molar-refractivity contribution >= 4 is 15.7 Å². The Hall–Kier alpha value is -0.620. The van der Waals surface area contributed by atoms with Crippen LogP contribution in [0.2, 0.25) is 0 Å². The third-order valence-electron chi connectivity index (χ3n) is 3.22. The lowest BCUT2D eigenvalue weighted by Gasteiger charge is -2.36. The van der Waals surface area contributed by atoms with E-state index in [4.69, 9.17) is 0 Å². The van der Waals surface area contributed by atoms with Crippen molar-refractivity contribution in [1.29, 1.82) is 0 Å². The highest BCUT2D eigenvalue weighted by atomic mass is 32.2. The number of nitrogens with one attached hydrogen (secondary N) is 1. The molecule has 1 amide bonds. The minimum atomic E-state index is -3.11. The summed E-state index contributed by atoms with van der Waals surface area (Å²) in [5.74, 6) is -0.424. The first-order chi connectivity index (χ1) is 7.87. The molecule has 0 aromatic rings. The molecule has 6 heteroatoms. The molecule has 1 aliphatic carbocycles. The Morgan fingerprint density at radius 2 is 1.88 bits per heavy atom. The number of hydrogen-bond acceptors (Lipinski definition) is 4. The van der Waals surface area contributed by atoms with Gasteiger partial charge >= 0.3 is 0 Å². The van der Waals surface area contributed by atoms with E-state index in [1.165, 1.54) is 0 Å². The summed E-state index contributed by atoms with van der Waals surface area (Å²) in [4.78, 5) is 11.6. The Labute approximate surface area is 103 Å². The number of sulfone groups is 1. The largest absolute Gasteiger partial charge is 0.394 e. The van der Waals surface area contributed by atoms with Crippen molar-refractivity contribution in [1.82, 2.24) is 5.32 Å². The van der Waals surface area contributed by atoms with Gasteiger partial charge in [-0.3, -0.25) is 4.79 Å². The summed E-state index contributed by atoms with van der Waals surface area (Å²) in [6, 6.07) is 0. The molecule has 0 radical (unpaired) electrons. The maximum Gasteiger partial charge on any atom is 0.221 e. The number of aliphatic hydroxyl groups excluding tert-OH is 1. The van der Waals surface area contributed by atoms with Crippen LogP contribution in [0.25, 0.3) is 0 Å². The highest BCUT2D eigenvalue weighted by molar-refractivity contribution is 7.90. The van der Waals surface area contributed by atoms with Crippen LogP contribution in [0.3, 0.4) is 0 Å². The average Bonchev–Trinajstić information content (AvgIpc) is 2.27. The summed E-state index contributed by atoms with van der Waals surface area (Å²) in [5, 5.41) is 12.2. The van der Waals surface area contributed by atoms with Crippen molar-refractivity contribution in [3.05, 3.63) is 0 Å². The van der Waals surface area contributed by atoms with Crippen LogP contribution in [0.4, 0.5) is 0 Å². The van der Waals surface area contributed by atoms with E-state index < -0.39 is 15.4 Å². The number of rotatable bonds is 5. The van der Waals surface area contributed by atoms with E-state index in [0.29, 0.717) is 0 Å². The maximum absolute atomic E-state index is 11.6. The SMILES string of the molecule is CS(=O)(=O)CCC(=O)NC1(CO)CCCCC1. The molecule has 1 aliphatic rings. The van der Waals surface area contributed by atoms with E-state index in [-0.39, 0.29) is 24.7 Å². The standard InChI is InChI=1S/C11H21NO4S/c1-17(15,16)8-5-10(14)12-11(9-13)6-3-2-4-7-11/h13H,2-9H2,1H3,(H,12,14). The Kier molecular flexibility index (Phi) is 4.94. The highest BCUT2D eigenvalue weighted by Gasteiger charge is 2.32. The van der Waals surface area contributed by atoms with Gasteiger partial charge in [-0.1, -0.05) is 19.3 Å². The van der Waals surface area contributed by atoms with Crippen LogP contribution in [0.5, 0.6) is 0 Å². The molecule has 0 unspecified atom stereocenters. The molecule has 0 aromatic heterocycles. The molecule has 0 heterocycles. The zero-order valence-corrected chi connectivity index (χ0v) is 11.1. The predicted octanol–water partition coefficient (Wildman–Crippen LogP) is 0.232. The molecule has 0 bridgehead atoms. The fourth-order valence-corrected chi connectivity index (χ4v) is 2.74. The third kappa shape index (κ3) is 5.04. The van der Waals surface area contributed by atoms with Crippen molar-refractivity contribution in [2.24, 2.45) is 0 Å². The average molecular weight is 263 g/mol. The number of carbonyl (C=O) groups is 1. The van der Waals surface area contributed by atoms with Crippen LogP contribution < -0.4 is 5.32 Å². The number of hydrogen-bond donors (Lipinski definition) is 2. The summed E-state index contributed by atoms with van der Waals surface area (Å²) < 4.78 is 21.9. The van der Waals surface area contributed by atoms with Gasteiger partial charge < -0.3 is 10.4 Å². The maximum atomic E-state index is 11.6. The molecule has 2 N–H and O–H groups in total. The molecule has 0 spiro atoms. The van der Waals surface area contributed by atoms with E-state index in [9.17, 15) is 18.3 Å². The molecule has 17 heavy (non-hydrogen) atoms. The Morgan fingerprint density at radius 1 is 1.29 bits per heavy atom. The van der Waals surface area contributed by atoms with Crippen LogP contribution in [-0.2, 0) is 14.6 Å². The smallest absolute Gasteiger partial charge is 0.221 e. The Bertz CT molecular complexity index is 358. The zero-order chi connectivity index (χ0) is 12.9. The van der Waals surface area contributed by atoms with Crippen molar-refractivity contribution in [3.8, 4) is 0 Å². The van der Waals surface area contributed by atoms with Crippen LogP contribution in [0.15, 0.2) is 0 Å². The monoisotopic (exact) mass is 263 g/mol. The van der Waals surface area contributed by atoms with E-state index in [2.05, 4.69) is 5.32 Å². The van der Waals surface area contributed by atoms with Crippen LogP contribution in [0.1, 0.15) is 38.5 Å². The summed E-state index contributed by atoms with van der Waals surface area (Å²) in [6.07, 6.45) is 5.74. The van der Waals surface area contributed by atoms with Gasteiger partial charge in [0.1, 0.15) is 9.84 Å². The second kappa shape index (κ2) is 5.82. The lowest BCUT2D eigenvalue weighted by atomic mass is 9.82. The fraction of sp³-hybridized carbons (Fsp3) is 0.909. The normalized spacial score (nSPS) is 19.9. The third-order valence-corrected chi connectivity index (χ3v) is 4.16. The van der Waals surface area contributed by atoms with E-state index in [1.807, 2.05) is 0 Å². The van der Waals surface area contributed by atoms with Gasteiger partial charge in [0.05, 0.1) is 17.9 Å². The molecule has 5 nitrogen and oxygen atoms in total. The minimum Gasteiger partial charge on any atom is -0.394 e. The van der Waals surface area contributed by atoms with E-state index >= 15 is 0 Å². The first kappa shape index (κ1) is 14.4. The molecular weight excluding hydrogens is 242 g/mol. The number of aliphatic hydroxyl groups is 1. The molecule has 1 fully saturated rings. The lowest BCUT2D eigenvalue weighted by Crippen LogP contribution is -2.52. The van der Waals surface area contributed by atoms with Crippen LogP contribution in [0, 0.1) is 0 Å². The first-order valence-electron chi connectivity index (χ1n) is 5.96. The first-order valence-corrected chi connectivity index (χ1v) is 8.03. The van der Waals surface area contributed by atoms with Crippen molar-refractivity contribution < 1.29 is 18.3 Å². The van der Waals surface area contributed by atoms with Gasteiger partial charge in [-0.25, -0.2) is 8.42 Å². The molecule has 0 saturated heterocycles. The van der Waals surface area contributed by atoms with Crippen molar-refractivity contribution in [3.63, 3.8) is 0 Å². The van der Waals surface area contributed by atoms with Gasteiger partial charge in [0.15, 0.2) is 0 Å². The molecular formula is C11H21NO4S. The van der Waals surface area contributed by atoms with Crippen LogP contribution >= 0.6 is 0 Å². The number of carbonyl (C=O) groups excluding carboxylic acids is 1. The Morgan fingerprint density at radius 3 is 2.35 bits per heavy atom. The zero-order valence-electron chi connectivity index (χ0n) is 10.2. The molecule has 0 atom stereocenters. The Balaban J connectivity index is 2.48. The summed E-state index contributed by atoms with van der Waals surface area (Å²) in [5.41, 5.74) is -0.521. The molecule has 1 rings (SSSR count). The molecule has 1 saturated carbocycles. The molecule has 0 aliphatic heterocycles. The van der Waals surface area contributed by atoms with Gasteiger partial charge in [0, 0.05) is 12.7 Å². The van der Waals surface area contributed by atoms with Gasteiger partial charge in [-0.2, -0.15) is 0 Å². The predicted molar refractivity (Wildman–Crippen MR) is 65.4 cm³/mol. The second-order valence-electron chi connectivity index (χ2n) is 4.93. The highest BCUT2D eigenvalue weighted by Crippen LogP contribution is 2.27. The van der Waals surface area contributed by atoms with Gasteiger partial charge in [0.2, 0.25) is 5.91 Å². The lowest BCUT2D eigenvalue weighted by molar-refractivity contribution is -0.123. The number of amides is 1. The molecule has 0 aromatic carbocycles. The second-order valence-corrected chi connectivity index (χ2v) is 7.19. The van der Waals surface area contributed by atoms with Gasteiger partial charge in [-0.15, -0.1) is 0 Å². The quantitative estimate of drug-likeness (QED) is 0.744. The van der Waals surface area contributed by atoms with Crippen molar-refractivity contribution in [2.75, 3.05) is 18.6 Å². The van der Waals surface area contributed by atoms with Crippen molar-refractivity contribution in [2.45, 2.75) is 44.1 Å². The summed E-state index contributed by atoms with van der Waals surface area (Å²) in [7, 11) is -3.11. The fourth-order valence-electron chi connectivity index (χ4n) is 2.19. The summed E-state index contributed by atoms with van der Waals surface area (Å²) in [6.45, 7) is -0.0718. The minimum absolute atomic E-state index is 0.0272. The van der Waals surface area contributed by atoms with Gasteiger partial charge in [-0.05, 0) is 12.8 Å². The van der Waals surface area contributed by atoms with E-state index in [0.717, 1.165) is 38.4 Å². The van der Waals surface area contributed by atoms with E-state index in [1.54, 1.807) is 0 Å².